The molecule has 0 radical (unpaired) electrons. The van der Waals surface area contributed by atoms with Crippen molar-refractivity contribution in [2.24, 2.45) is 5.92 Å². The number of hydrogen-bond donors (Lipinski definition) is 2. The summed E-state index contributed by atoms with van der Waals surface area (Å²) < 4.78 is 28.7. The molecule has 0 aromatic carbocycles. The lowest BCUT2D eigenvalue weighted by Crippen LogP contribution is -2.45. The van der Waals surface area contributed by atoms with Gasteiger partial charge in [0.25, 0.3) is 10.2 Å². The van der Waals surface area contributed by atoms with Gasteiger partial charge in [0, 0.05) is 19.6 Å². The van der Waals surface area contributed by atoms with Crippen molar-refractivity contribution >= 4 is 10.2 Å². The van der Waals surface area contributed by atoms with Crippen molar-refractivity contribution in [1.29, 1.82) is 0 Å². The zero-order chi connectivity index (χ0) is 14.3. The molecule has 19 heavy (non-hydrogen) atoms. The second kappa shape index (κ2) is 8.19. The van der Waals surface area contributed by atoms with Crippen LogP contribution in [0.4, 0.5) is 0 Å². The summed E-state index contributed by atoms with van der Waals surface area (Å²) in [4.78, 5) is 0. The van der Waals surface area contributed by atoms with Crippen LogP contribution in [0.5, 0.6) is 0 Å². The molecular weight excluding hydrogens is 262 g/mol. The maximum atomic E-state index is 12.2. The third-order valence-corrected chi connectivity index (χ3v) is 5.62. The number of nitrogens with one attached hydrogen (secondary N) is 2. The Bertz CT molecular complexity index is 346. The Morgan fingerprint density at radius 2 is 2.05 bits per heavy atom. The van der Waals surface area contributed by atoms with Gasteiger partial charge < -0.3 is 5.32 Å². The van der Waals surface area contributed by atoms with Crippen LogP contribution in [0.25, 0.3) is 0 Å². The second-order valence-corrected chi connectivity index (χ2v) is 7.35. The topological polar surface area (TPSA) is 61.4 Å². The van der Waals surface area contributed by atoms with Gasteiger partial charge in [-0.15, -0.1) is 0 Å². The molecule has 1 fully saturated rings. The van der Waals surface area contributed by atoms with E-state index in [1.807, 2.05) is 7.05 Å². The molecule has 0 aromatic heterocycles. The molecule has 0 aromatic rings. The highest BCUT2D eigenvalue weighted by molar-refractivity contribution is 7.87. The molecule has 2 N–H and O–H groups in total. The second-order valence-electron chi connectivity index (χ2n) is 5.54. The first-order valence-corrected chi connectivity index (χ1v) is 8.81. The Morgan fingerprint density at radius 3 is 2.68 bits per heavy atom. The minimum atomic E-state index is -3.32. The van der Waals surface area contributed by atoms with E-state index in [0.29, 0.717) is 12.5 Å². The maximum absolute atomic E-state index is 12.2. The van der Waals surface area contributed by atoms with Crippen molar-refractivity contribution in [3.05, 3.63) is 0 Å². The quantitative estimate of drug-likeness (QED) is 0.663. The molecule has 1 aliphatic rings. The molecule has 0 spiro atoms. The smallest absolute Gasteiger partial charge is 0.279 e. The van der Waals surface area contributed by atoms with E-state index in [0.717, 1.165) is 38.6 Å². The Hall–Kier alpha value is -0.170. The van der Waals surface area contributed by atoms with Crippen LogP contribution < -0.4 is 10.0 Å². The van der Waals surface area contributed by atoms with Crippen molar-refractivity contribution in [1.82, 2.24) is 14.3 Å². The summed E-state index contributed by atoms with van der Waals surface area (Å²) in [7, 11) is 0.209. The molecule has 0 aliphatic heterocycles. The van der Waals surface area contributed by atoms with Gasteiger partial charge in [-0.05, 0) is 38.8 Å². The van der Waals surface area contributed by atoms with Gasteiger partial charge >= 0.3 is 0 Å². The highest BCUT2D eigenvalue weighted by Gasteiger charge is 2.26. The van der Waals surface area contributed by atoms with Crippen LogP contribution in [0.3, 0.4) is 0 Å². The van der Waals surface area contributed by atoms with E-state index in [9.17, 15) is 8.42 Å². The van der Waals surface area contributed by atoms with Gasteiger partial charge in [0.05, 0.1) is 0 Å². The predicted octanol–water partition coefficient (Wildman–Crippen LogP) is 1.33. The van der Waals surface area contributed by atoms with Crippen LogP contribution in [-0.4, -0.2) is 45.9 Å². The zero-order valence-electron chi connectivity index (χ0n) is 12.5. The molecule has 1 rings (SSSR count). The summed E-state index contributed by atoms with van der Waals surface area (Å²) in [6.45, 7) is 3.58. The van der Waals surface area contributed by atoms with Gasteiger partial charge in [-0.2, -0.15) is 17.4 Å². The molecule has 1 saturated carbocycles. The summed E-state index contributed by atoms with van der Waals surface area (Å²) >= 11 is 0. The lowest BCUT2D eigenvalue weighted by Gasteiger charge is -2.30. The van der Waals surface area contributed by atoms with Crippen molar-refractivity contribution < 1.29 is 8.42 Å². The molecule has 0 bridgehead atoms. The first-order chi connectivity index (χ1) is 8.99. The fourth-order valence-electron chi connectivity index (χ4n) is 2.67. The maximum Gasteiger partial charge on any atom is 0.279 e. The Balaban J connectivity index is 2.44. The van der Waals surface area contributed by atoms with Crippen molar-refractivity contribution in [2.45, 2.75) is 51.5 Å². The van der Waals surface area contributed by atoms with Crippen LogP contribution in [0, 0.1) is 5.92 Å². The number of rotatable bonds is 8. The molecule has 0 heterocycles. The number of nitrogens with zero attached hydrogens (tertiary/aromatic N) is 1. The van der Waals surface area contributed by atoms with E-state index in [1.165, 1.54) is 10.7 Å². The minimum absolute atomic E-state index is 0.121. The van der Waals surface area contributed by atoms with E-state index < -0.39 is 10.2 Å². The molecule has 2 unspecified atom stereocenters. The Kier molecular flexibility index (Phi) is 7.28. The zero-order valence-corrected chi connectivity index (χ0v) is 13.3. The monoisotopic (exact) mass is 291 g/mol. The lowest BCUT2D eigenvalue weighted by molar-refractivity contribution is 0.296. The summed E-state index contributed by atoms with van der Waals surface area (Å²) in [5.74, 6) is 0.677. The Labute approximate surface area is 118 Å². The van der Waals surface area contributed by atoms with E-state index in [4.69, 9.17) is 0 Å². The van der Waals surface area contributed by atoms with E-state index >= 15 is 0 Å². The first-order valence-electron chi connectivity index (χ1n) is 7.37. The number of hydrogen-bond acceptors (Lipinski definition) is 3. The van der Waals surface area contributed by atoms with E-state index in [1.54, 1.807) is 7.05 Å². The molecule has 5 nitrogen and oxygen atoms in total. The predicted molar refractivity (Wildman–Crippen MR) is 79.3 cm³/mol. The highest BCUT2D eigenvalue weighted by Crippen LogP contribution is 2.27. The SMILES string of the molecule is CCC1CCCC(NS(=O)(=O)N(C)CCCNC)C1. The van der Waals surface area contributed by atoms with Crippen molar-refractivity contribution in [2.75, 3.05) is 27.2 Å². The van der Waals surface area contributed by atoms with Gasteiger partial charge in [0.2, 0.25) is 0 Å². The average molecular weight is 291 g/mol. The molecule has 0 amide bonds. The van der Waals surface area contributed by atoms with Crippen LogP contribution in [0.2, 0.25) is 0 Å². The average Bonchev–Trinajstić information content (AvgIpc) is 2.38. The Morgan fingerprint density at radius 1 is 1.32 bits per heavy atom. The van der Waals surface area contributed by atoms with E-state index in [2.05, 4.69) is 17.0 Å². The van der Waals surface area contributed by atoms with Crippen LogP contribution in [0.15, 0.2) is 0 Å². The largest absolute Gasteiger partial charge is 0.320 e. The molecule has 6 heteroatoms. The van der Waals surface area contributed by atoms with Crippen LogP contribution in [-0.2, 0) is 10.2 Å². The van der Waals surface area contributed by atoms with Gasteiger partial charge in [-0.25, -0.2) is 0 Å². The van der Waals surface area contributed by atoms with Crippen molar-refractivity contribution in [3.63, 3.8) is 0 Å². The molecule has 114 valence electrons. The molecular formula is C13H29N3O2S. The summed E-state index contributed by atoms with van der Waals surface area (Å²) in [6, 6.07) is 0.121. The fraction of sp³-hybridized carbons (Fsp3) is 1.00. The highest BCUT2D eigenvalue weighted by atomic mass is 32.2. The van der Waals surface area contributed by atoms with Gasteiger partial charge in [0.15, 0.2) is 0 Å². The lowest BCUT2D eigenvalue weighted by atomic mass is 9.85. The van der Waals surface area contributed by atoms with E-state index in [-0.39, 0.29) is 6.04 Å². The summed E-state index contributed by atoms with van der Waals surface area (Å²) in [5.41, 5.74) is 0. The first kappa shape index (κ1) is 16.9. The van der Waals surface area contributed by atoms with Gasteiger partial charge in [0.1, 0.15) is 0 Å². The minimum Gasteiger partial charge on any atom is -0.320 e. The summed E-state index contributed by atoms with van der Waals surface area (Å²) in [5, 5.41) is 3.03. The fourth-order valence-corrected chi connectivity index (χ4v) is 3.85. The molecule has 0 saturated heterocycles. The van der Waals surface area contributed by atoms with Crippen molar-refractivity contribution in [3.8, 4) is 0 Å². The van der Waals surface area contributed by atoms with Crippen LogP contribution in [0.1, 0.15) is 45.4 Å². The van der Waals surface area contributed by atoms with Gasteiger partial charge in [-0.1, -0.05) is 26.2 Å². The van der Waals surface area contributed by atoms with Gasteiger partial charge in [-0.3, -0.25) is 0 Å². The normalized spacial score (nSPS) is 24.8. The third kappa shape index (κ3) is 5.77. The standard InChI is InChI=1S/C13H29N3O2S/c1-4-12-7-5-8-13(11-12)15-19(17,18)16(3)10-6-9-14-2/h12-15H,4-11H2,1-3H3. The third-order valence-electron chi connectivity index (χ3n) is 3.99. The molecule has 1 aliphatic carbocycles. The van der Waals surface area contributed by atoms with Crippen LogP contribution >= 0.6 is 0 Å². The summed E-state index contributed by atoms with van der Waals surface area (Å²) in [6.07, 6.45) is 6.31. The molecule has 2 atom stereocenters.